The van der Waals surface area contributed by atoms with Crippen molar-refractivity contribution in [3.8, 4) is 0 Å². The summed E-state index contributed by atoms with van der Waals surface area (Å²) < 4.78 is 16.4. The zero-order chi connectivity index (χ0) is 17.9. The molecule has 0 radical (unpaired) electrons. The number of nitrogens with zero attached hydrogens (tertiary/aromatic N) is 2. The molecule has 1 spiro atoms. The fourth-order valence-corrected chi connectivity index (χ4v) is 4.18. The van der Waals surface area contributed by atoms with E-state index in [0.717, 1.165) is 0 Å². The van der Waals surface area contributed by atoms with Crippen molar-refractivity contribution in [2.75, 3.05) is 11.4 Å². The van der Waals surface area contributed by atoms with Crippen LogP contribution >= 0.6 is 0 Å². The maximum Gasteiger partial charge on any atom is 0.235 e. The average molecular weight is 355 g/mol. The Morgan fingerprint density at radius 2 is 2.38 bits per heavy atom. The molecule has 3 aliphatic heterocycles. The Balaban J connectivity index is 1.40. The highest BCUT2D eigenvalue weighted by atomic mass is 16.5. The fourth-order valence-electron chi connectivity index (χ4n) is 4.18. The third-order valence-electron chi connectivity index (χ3n) is 5.31. The van der Waals surface area contributed by atoms with Crippen LogP contribution in [0.25, 0.3) is 0 Å². The largest absolute Gasteiger partial charge is 0.467 e. The number of fused-ring (bicyclic) bond motifs is 1. The van der Waals surface area contributed by atoms with E-state index in [-0.39, 0.29) is 24.5 Å². The number of carbonyl (C=O) groups excluding carboxylic acids is 2. The number of hydrogen-bond acceptors (Lipinski definition) is 6. The van der Waals surface area contributed by atoms with Crippen LogP contribution in [0, 0.1) is 18.8 Å². The minimum atomic E-state index is -0.776. The number of nitrogens with one attached hydrogen (secondary N) is 1. The zero-order valence-corrected chi connectivity index (χ0v) is 14.0. The van der Waals surface area contributed by atoms with Crippen molar-refractivity contribution in [2.24, 2.45) is 11.8 Å². The summed E-state index contributed by atoms with van der Waals surface area (Å²) >= 11 is 0. The molecule has 26 heavy (non-hydrogen) atoms. The summed E-state index contributed by atoms with van der Waals surface area (Å²) in [5.41, 5.74) is -0.776. The van der Waals surface area contributed by atoms with E-state index in [4.69, 9.17) is 13.7 Å². The van der Waals surface area contributed by atoms with Gasteiger partial charge in [-0.3, -0.25) is 14.5 Å². The van der Waals surface area contributed by atoms with E-state index in [1.54, 1.807) is 36.3 Å². The molecule has 2 aromatic rings. The van der Waals surface area contributed by atoms with Gasteiger partial charge in [0.1, 0.15) is 17.1 Å². The SMILES string of the molecule is Cc1cc(N2C[C@@]34C=C[C@@H](O3)[C@@H](C(=O)NCc3ccco3)[C@H]4C2=O)no1. The van der Waals surface area contributed by atoms with E-state index < -0.39 is 17.4 Å². The molecule has 2 amide bonds. The van der Waals surface area contributed by atoms with Crippen molar-refractivity contribution in [3.05, 3.63) is 48.1 Å². The molecule has 2 aromatic heterocycles. The van der Waals surface area contributed by atoms with Crippen LogP contribution in [-0.4, -0.2) is 35.2 Å². The lowest BCUT2D eigenvalue weighted by atomic mass is 9.77. The van der Waals surface area contributed by atoms with Crippen molar-refractivity contribution in [2.45, 2.75) is 25.2 Å². The molecule has 0 aromatic carbocycles. The number of carbonyl (C=O) groups is 2. The van der Waals surface area contributed by atoms with Crippen LogP contribution in [0.5, 0.6) is 0 Å². The average Bonchev–Trinajstić information content (AvgIpc) is 3.41. The summed E-state index contributed by atoms with van der Waals surface area (Å²) in [5.74, 6) is 0.219. The van der Waals surface area contributed by atoms with Crippen LogP contribution in [0.1, 0.15) is 11.5 Å². The lowest BCUT2D eigenvalue weighted by Gasteiger charge is -2.23. The molecule has 8 nitrogen and oxygen atoms in total. The Hall–Kier alpha value is -2.87. The van der Waals surface area contributed by atoms with Gasteiger partial charge >= 0.3 is 0 Å². The maximum atomic E-state index is 13.1. The molecular weight excluding hydrogens is 338 g/mol. The first-order chi connectivity index (χ1) is 12.6. The molecule has 0 aliphatic carbocycles. The van der Waals surface area contributed by atoms with Gasteiger partial charge < -0.3 is 19.0 Å². The van der Waals surface area contributed by atoms with Crippen LogP contribution in [0.3, 0.4) is 0 Å². The first-order valence-corrected chi connectivity index (χ1v) is 8.49. The summed E-state index contributed by atoms with van der Waals surface area (Å²) in [4.78, 5) is 27.4. The highest BCUT2D eigenvalue weighted by Crippen LogP contribution is 2.52. The molecular formula is C18H17N3O5. The van der Waals surface area contributed by atoms with Crippen LogP contribution in [-0.2, 0) is 20.9 Å². The second-order valence-corrected chi connectivity index (χ2v) is 6.92. The molecule has 2 bridgehead atoms. The monoisotopic (exact) mass is 355 g/mol. The standard InChI is InChI=1S/C18H17N3O5/c1-10-7-13(20-26-10)21-9-18-5-4-12(25-18)14(15(18)17(21)23)16(22)19-8-11-3-2-6-24-11/h2-7,12,14-15H,8-9H2,1H3,(H,19,22)/t12-,14-,15+,18-/m1/s1. The minimum Gasteiger partial charge on any atom is -0.467 e. The normalized spacial score (nSPS) is 31.7. The molecule has 1 N–H and O–H groups in total. The van der Waals surface area contributed by atoms with Crippen molar-refractivity contribution >= 4 is 17.6 Å². The number of aromatic nitrogens is 1. The smallest absolute Gasteiger partial charge is 0.235 e. The molecule has 5 rings (SSSR count). The van der Waals surface area contributed by atoms with E-state index in [1.807, 2.05) is 12.2 Å². The van der Waals surface area contributed by atoms with Crippen LogP contribution in [0.15, 0.2) is 45.6 Å². The highest BCUT2D eigenvalue weighted by Gasteiger charge is 2.67. The van der Waals surface area contributed by atoms with Gasteiger partial charge in [-0.05, 0) is 19.1 Å². The van der Waals surface area contributed by atoms with Crippen molar-refractivity contribution in [1.82, 2.24) is 10.5 Å². The number of ether oxygens (including phenoxy) is 1. The molecule has 2 saturated heterocycles. The van der Waals surface area contributed by atoms with Gasteiger partial charge in [-0.15, -0.1) is 0 Å². The topological polar surface area (TPSA) is 97.8 Å². The van der Waals surface area contributed by atoms with E-state index in [2.05, 4.69) is 10.5 Å². The highest BCUT2D eigenvalue weighted by molar-refractivity contribution is 6.02. The number of amides is 2. The Morgan fingerprint density at radius 3 is 3.12 bits per heavy atom. The van der Waals surface area contributed by atoms with Crippen LogP contribution < -0.4 is 10.2 Å². The predicted molar refractivity (Wildman–Crippen MR) is 87.9 cm³/mol. The summed E-state index contributed by atoms with van der Waals surface area (Å²) in [5, 5.41) is 6.78. The molecule has 4 atom stereocenters. The molecule has 5 heterocycles. The van der Waals surface area contributed by atoms with Crippen molar-refractivity contribution < 1.29 is 23.3 Å². The van der Waals surface area contributed by atoms with Gasteiger partial charge in [0.15, 0.2) is 5.82 Å². The molecule has 2 fully saturated rings. The third kappa shape index (κ3) is 2.08. The number of anilines is 1. The fraction of sp³-hybridized carbons (Fsp3) is 0.389. The maximum absolute atomic E-state index is 13.1. The Labute approximate surface area is 148 Å². The lowest BCUT2D eigenvalue weighted by molar-refractivity contribution is -0.132. The van der Waals surface area contributed by atoms with Gasteiger partial charge in [0.05, 0.1) is 37.3 Å². The van der Waals surface area contributed by atoms with Crippen molar-refractivity contribution in [1.29, 1.82) is 0 Å². The third-order valence-corrected chi connectivity index (χ3v) is 5.31. The van der Waals surface area contributed by atoms with Crippen LogP contribution in [0.4, 0.5) is 5.82 Å². The summed E-state index contributed by atoms with van der Waals surface area (Å²) in [6.45, 7) is 2.37. The molecule has 0 unspecified atom stereocenters. The molecule has 0 saturated carbocycles. The minimum absolute atomic E-state index is 0.164. The Morgan fingerprint density at radius 1 is 1.50 bits per heavy atom. The molecule has 134 valence electrons. The predicted octanol–water partition coefficient (Wildman–Crippen LogP) is 1.18. The van der Waals surface area contributed by atoms with E-state index >= 15 is 0 Å². The van der Waals surface area contributed by atoms with Gasteiger partial charge in [0, 0.05) is 6.07 Å². The second-order valence-electron chi connectivity index (χ2n) is 6.92. The summed E-state index contributed by atoms with van der Waals surface area (Å²) in [7, 11) is 0. The van der Waals surface area contributed by atoms with Gasteiger partial charge in [-0.1, -0.05) is 17.3 Å². The van der Waals surface area contributed by atoms with Crippen molar-refractivity contribution in [3.63, 3.8) is 0 Å². The first kappa shape index (κ1) is 15.4. The first-order valence-electron chi connectivity index (χ1n) is 8.49. The van der Waals surface area contributed by atoms with E-state index in [9.17, 15) is 9.59 Å². The zero-order valence-electron chi connectivity index (χ0n) is 14.0. The van der Waals surface area contributed by atoms with Gasteiger partial charge in [-0.2, -0.15) is 0 Å². The Kier molecular flexibility index (Phi) is 3.14. The number of aryl methyl sites for hydroxylation is 1. The summed E-state index contributed by atoms with van der Waals surface area (Å²) in [6.07, 6.45) is 4.95. The lowest BCUT2D eigenvalue weighted by Crippen LogP contribution is -2.43. The van der Waals surface area contributed by atoms with E-state index in [1.165, 1.54) is 0 Å². The Bertz CT molecular complexity index is 902. The van der Waals surface area contributed by atoms with E-state index in [0.29, 0.717) is 23.9 Å². The van der Waals surface area contributed by atoms with Gasteiger partial charge in [0.2, 0.25) is 11.8 Å². The number of furan rings is 1. The molecule has 3 aliphatic rings. The second kappa shape index (κ2) is 5.31. The van der Waals surface area contributed by atoms with Gasteiger partial charge in [0.25, 0.3) is 0 Å². The van der Waals surface area contributed by atoms with Gasteiger partial charge in [-0.25, -0.2) is 0 Å². The summed E-state index contributed by atoms with van der Waals surface area (Å²) in [6, 6.07) is 5.25. The van der Waals surface area contributed by atoms with Crippen LogP contribution in [0.2, 0.25) is 0 Å². The number of hydrogen-bond donors (Lipinski definition) is 1. The number of rotatable bonds is 4. The quantitative estimate of drug-likeness (QED) is 0.827. The molecule has 8 heteroatoms.